The van der Waals surface area contributed by atoms with Crippen LogP contribution in [0.3, 0.4) is 0 Å². The Hall–Kier alpha value is -1.90. The number of carbonyl (C=O) groups is 1. The highest BCUT2D eigenvalue weighted by atomic mass is 79.9. The molecule has 0 atom stereocenters. The van der Waals surface area contributed by atoms with Gasteiger partial charge in [-0.2, -0.15) is 0 Å². The number of anilines is 1. The number of halogens is 4. The van der Waals surface area contributed by atoms with E-state index in [0.717, 1.165) is 4.47 Å². The molecule has 0 unspecified atom stereocenters. The second kappa shape index (κ2) is 9.93. The first kappa shape index (κ1) is 23.3. The van der Waals surface area contributed by atoms with Crippen molar-refractivity contribution >= 4 is 85.1 Å². The highest BCUT2D eigenvalue weighted by Crippen LogP contribution is 2.39. The molecule has 9 heteroatoms. The normalized spacial score (nSPS) is 15.0. The molecule has 4 rings (SSSR count). The fourth-order valence-corrected chi connectivity index (χ4v) is 4.95. The zero-order valence-corrected chi connectivity index (χ0v) is 20.9. The van der Waals surface area contributed by atoms with Gasteiger partial charge in [-0.3, -0.25) is 9.69 Å². The molecule has 1 amide bonds. The first-order valence-corrected chi connectivity index (χ1v) is 12.0. The first-order valence-electron chi connectivity index (χ1n) is 9.22. The summed E-state index contributed by atoms with van der Waals surface area (Å²) >= 11 is 22.1. The van der Waals surface area contributed by atoms with E-state index in [4.69, 9.17) is 40.2 Å². The lowest BCUT2D eigenvalue weighted by atomic mass is 10.1. The van der Waals surface area contributed by atoms with Gasteiger partial charge in [-0.05, 0) is 48.5 Å². The lowest BCUT2D eigenvalue weighted by Crippen LogP contribution is -2.27. The minimum atomic E-state index is -0.339. The van der Waals surface area contributed by atoms with E-state index in [0.29, 0.717) is 41.8 Å². The van der Waals surface area contributed by atoms with Crippen molar-refractivity contribution in [2.45, 2.75) is 6.61 Å². The summed E-state index contributed by atoms with van der Waals surface area (Å²) in [6, 6.07) is 16.7. The van der Waals surface area contributed by atoms with Crippen molar-refractivity contribution in [3.8, 4) is 5.75 Å². The number of hydrogen-bond acceptors (Lipinski definition) is 4. The van der Waals surface area contributed by atoms with E-state index in [2.05, 4.69) is 15.9 Å². The summed E-state index contributed by atoms with van der Waals surface area (Å²) in [5, 5.41) is 0.722. The number of carbonyl (C=O) groups excluding carboxylic acids is 1. The summed E-state index contributed by atoms with van der Waals surface area (Å²) in [5.74, 6) is -0.108. The predicted molar refractivity (Wildman–Crippen MR) is 137 cm³/mol. The van der Waals surface area contributed by atoms with Crippen LogP contribution in [0.15, 0.2) is 70.0 Å². The molecule has 1 aliphatic rings. The highest BCUT2D eigenvalue weighted by molar-refractivity contribution is 9.10. The first-order chi connectivity index (χ1) is 15.3. The van der Waals surface area contributed by atoms with Crippen LogP contribution in [-0.4, -0.2) is 10.2 Å². The minimum Gasteiger partial charge on any atom is -0.488 e. The van der Waals surface area contributed by atoms with E-state index in [1.54, 1.807) is 48.5 Å². The SMILES string of the molecule is O=C1/C(=C\c2cc(Br)ccc2OCc2ccccc2F)SC(=S)N1c1ccc(Cl)c(Cl)c1. The molecule has 3 nitrogen and oxygen atoms in total. The summed E-state index contributed by atoms with van der Waals surface area (Å²) in [7, 11) is 0. The molecule has 1 aliphatic heterocycles. The van der Waals surface area contributed by atoms with Crippen LogP contribution in [0.1, 0.15) is 11.1 Å². The van der Waals surface area contributed by atoms with Gasteiger partial charge >= 0.3 is 0 Å². The van der Waals surface area contributed by atoms with E-state index in [1.807, 2.05) is 12.1 Å². The van der Waals surface area contributed by atoms with Gasteiger partial charge < -0.3 is 4.74 Å². The van der Waals surface area contributed by atoms with Crippen LogP contribution in [0.25, 0.3) is 6.08 Å². The van der Waals surface area contributed by atoms with Gasteiger partial charge in [0.1, 0.15) is 18.2 Å². The molecule has 32 heavy (non-hydrogen) atoms. The third-order valence-corrected chi connectivity index (χ3v) is 7.09. The number of nitrogens with zero attached hydrogens (tertiary/aromatic N) is 1. The van der Waals surface area contributed by atoms with E-state index < -0.39 is 0 Å². The third-order valence-electron chi connectivity index (χ3n) is 4.55. The Kier molecular flexibility index (Phi) is 7.22. The van der Waals surface area contributed by atoms with Gasteiger partial charge in [-0.25, -0.2) is 4.39 Å². The maximum atomic E-state index is 14.0. The van der Waals surface area contributed by atoms with Crippen LogP contribution in [0.5, 0.6) is 5.75 Å². The smallest absolute Gasteiger partial charge is 0.270 e. The summed E-state index contributed by atoms with van der Waals surface area (Å²) < 4.78 is 21.0. The van der Waals surface area contributed by atoms with Crippen molar-refractivity contribution in [3.63, 3.8) is 0 Å². The second-order valence-electron chi connectivity index (χ2n) is 6.68. The van der Waals surface area contributed by atoms with Crippen LogP contribution >= 0.6 is 63.1 Å². The lowest BCUT2D eigenvalue weighted by molar-refractivity contribution is -0.113. The number of benzene rings is 3. The largest absolute Gasteiger partial charge is 0.488 e. The number of rotatable bonds is 5. The monoisotopic (exact) mass is 567 g/mol. The number of amides is 1. The zero-order chi connectivity index (χ0) is 22.8. The minimum absolute atomic E-state index is 0.0549. The fraction of sp³-hybridized carbons (Fsp3) is 0.0435. The van der Waals surface area contributed by atoms with Crippen LogP contribution in [0, 0.1) is 5.82 Å². The van der Waals surface area contributed by atoms with Gasteiger partial charge in [0.05, 0.1) is 20.6 Å². The molecule has 0 bridgehead atoms. The number of thiocarbonyl (C=S) groups is 1. The molecule has 0 aromatic heterocycles. The Morgan fingerprint density at radius 2 is 1.88 bits per heavy atom. The van der Waals surface area contributed by atoms with Crippen LogP contribution in [-0.2, 0) is 11.4 Å². The standard InChI is InChI=1S/C23H13BrCl2FNO2S2/c24-15-5-8-20(30-12-13-3-1-2-4-19(13)27)14(9-15)10-21-22(29)28(23(31)32-21)16-6-7-17(25)18(26)11-16/h1-11H,12H2/b21-10+. The van der Waals surface area contributed by atoms with Crippen LogP contribution in [0.4, 0.5) is 10.1 Å². The van der Waals surface area contributed by atoms with Crippen molar-refractivity contribution in [1.29, 1.82) is 0 Å². The van der Waals surface area contributed by atoms with Gasteiger partial charge in [0.15, 0.2) is 4.32 Å². The topological polar surface area (TPSA) is 29.5 Å². The summed E-state index contributed by atoms with van der Waals surface area (Å²) in [4.78, 5) is 14.9. The van der Waals surface area contributed by atoms with Crippen LogP contribution in [0.2, 0.25) is 10.0 Å². The Labute approximate surface area is 212 Å². The molecule has 1 fully saturated rings. The fourth-order valence-electron chi connectivity index (χ4n) is 2.99. The third kappa shape index (κ3) is 5.02. The molecule has 0 spiro atoms. The molecule has 1 heterocycles. The Bertz CT molecular complexity index is 1270. The van der Waals surface area contributed by atoms with Gasteiger partial charge in [-0.15, -0.1) is 0 Å². The molecule has 3 aromatic rings. The van der Waals surface area contributed by atoms with E-state index in [1.165, 1.54) is 22.7 Å². The Balaban J connectivity index is 1.62. The van der Waals surface area contributed by atoms with Crippen LogP contribution < -0.4 is 9.64 Å². The number of ether oxygens (including phenoxy) is 1. The van der Waals surface area contributed by atoms with E-state index >= 15 is 0 Å². The maximum Gasteiger partial charge on any atom is 0.270 e. The average molecular weight is 569 g/mol. The van der Waals surface area contributed by atoms with Crippen molar-refractivity contribution in [2.24, 2.45) is 0 Å². The molecule has 0 N–H and O–H groups in total. The zero-order valence-electron chi connectivity index (χ0n) is 16.2. The Morgan fingerprint density at radius 3 is 2.62 bits per heavy atom. The van der Waals surface area contributed by atoms with E-state index in [9.17, 15) is 9.18 Å². The van der Waals surface area contributed by atoms with Crippen molar-refractivity contribution in [2.75, 3.05) is 4.90 Å². The lowest BCUT2D eigenvalue weighted by Gasteiger charge is -2.15. The number of hydrogen-bond donors (Lipinski definition) is 0. The summed E-state index contributed by atoms with van der Waals surface area (Å²) in [6.07, 6.45) is 1.71. The summed E-state index contributed by atoms with van der Waals surface area (Å²) in [6.45, 7) is 0.0549. The molecule has 3 aromatic carbocycles. The molecular formula is C23H13BrCl2FNO2S2. The van der Waals surface area contributed by atoms with Crippen molar-refractivity contribution in [3.05, 3.63) is 97.0 Å². The van der Waals surface area contributed by atoms with Gasteiger partial charge in [0, 0.05) is 15.6 Å². The molecule has 0 aliphatic carbocycles. The van der Waals surface area contributed by atoms with E-state index in [-0.39, 0.29) is 18.3 Å². The molecule has 1 saturated heterocycles. The second-order valence-corrected chi connectivity index (χ2v) is 10.1. The number of thioether (sulfide) groups is 1. The highest BCUT2D eigenvalue weighted by Gasteiger charge is 2.33. The average Bonchev–Trinajstić information content (AvgIpc) is 3.03. The van der Waals surface area contributed by atoms with Gasteiger partial charge in [-0.1, -0.05) is 81.3 Å². The predicted octanol–water partition coefficient (Wildman–Crippen LogP) is 7.88. The molecule has 0 radical (unpaired) electrons. The quantitative estimate of drug-likeness (QED) is 0.231. The summed E-state index contributed by atoms with van der Waals surface area (Å²) in [5.41, 5.74) is 1.63. The van der Waals surface area contributed by atoms with Crippen molar-refractivity contribution < 1.29 is 13.9 Å². The molecule has 0 saturated carbocycles. The van der Waals surface area contributed by atoms with Gasteiger partial charge in [0.25, 0.3) is 5.91 Å². The molecule has 162 valence electrons. The maximum absolute atomic E-state index is 14.0. The van der Waals surface area contributed by atoms with Crippen molar-refractivity contribution in [1.82, 2.24) is 0 Å². The van der Waals surface area contributed by atoms with Gasteiger partial charge in [0.2, 0.25) is 0 Å². The molecular weight excluding hydrogens is 556 g/mol. The Morgan fingerprint density at radius 1 is 1.09 bits per heavy atom.